The highest BCUT2D eigenvalue weighted by molar-refractivity contribution is 5.81. The van der Waals surface area contributed by atoms with Crippen LogP contribution in [0, 0.1) is 11.3 Å². The molecule has 0 spiro atoms. The molecule has 16 heavy (non-hydrogen) atoms. The Morgan fingerprint density at radius 1 is 1.62 bits per heavy atom. The molecule has 0 aliphatic carbocycles. The molecule has 0 aromatic carbocycles. The number of likely N-dealkylation sites (N-methyl/N-ethyl adjacent to an activating group) is 1. The smallest absolute Gasteiger partial charge is 0.238 e. The number of hydrogen-bond acceptors (Lipinski definition) is 4. The Labute approximate surface area is 96.8 Å². The third-order valence-corrected chi connectivity index (χ3v) is 2.89. The fourth-order valence-electron chi connectivity index (χ4n) is 1.96. The molecule has 1 unspecified atom stereocenters. The summed E-state index contributed by atoms with van der Waals surface area (Å²) in [5, 5.41) is 14.4. The van der Waals surface area contributed by atoms with Crippen LogP contribution in [0.3, 0.4) is 0 Å². The summed E-state index contributed by atoms with van der Waals surface area (Å²) in [7, 11) is 1.67. The third kappa shape index (κ3) is 3.80. The predicted octanol–water partition coefficient (Wildman–Crippen LogP) is -0.300. The zero-order chi connectivity index (χ0) is 11.8. The second-order valence-electron chi connectivity index (χ2n) is 3.99. The Morgan fingerprint density at radius 2 is 2.44 bits per heavy atom. The van der Waals surface area contributed by atoms with Gasteiger partial charge in [0.15, 0.2) is 0 Å². The van der Waals surface area contributed by atoms with E-state index in [1.54, 1.807) is 7.05 Å². The van der Waals surface area contributed by atoms with E-state index in [0.29, 0.717) is 6.42 Å². The Hall–Kier alpha value is -1.12. The first-order chi connectivity index (χ1) is 7.79. The van der Waals surface area contributed by atoms with Gasteiger partial charge in [0.05, 0.1) is 6.07 Å². The van der Waals surface area contributed by atoms with E-state index in [1.807, 2.05) is 0 Å². The quantitative estimate of drug-likeness (QED) is 0.629. The molecule has 90 valence electrons. The highest BCUT2D eigenvalue weighted by atomic mass is 16.2. The molecule has 1 rings (SSSR count). The van der Waals surface area contributed by atoms with Crippen molar-refractivity contribution < 1.29 is 4.79 Å². The Bertz CT molecular complexity index is 261. The molecular weight excluding hydrogens is 204 g/mol. The highest BCUT2D eigenvalue weighted by Crippen LogP contribution is 2.06. The standard InChI is InChI=1S/C11H20N4O/c1-13-11(16)10-9-14-6-8-15(10)7-4-2-3-5-12/h10,14H,2-4,6-9H2,1H3,(H,13,16). The van der Waals surface area contributed by atoms with Crippen molar-refractivity contribution >= 4 is 5.91 Å². The lowest BCUT2D eigenvalue weighted by atomic mass is 10.1. The molecule has 0 radical (unpaired) electrons. The molecule has 1 fully saturated rings. The van der Waals surface area contributed by atoms with Gasteiger partial charge in [-0.15, -0.1) is 0 Å². The number of nitriles is 1. The molecule has 1 saturated heterocycles. The van der Waals surface area contributed by atoms with E-state index in [2.05, 4.69) is 21.6 Å². The molecule has 1 atom stereocenters. The maximum atomic E-state index is 11.6. The average Bonchev–Trinajstić information content (AvgIpc) is 2.34. The van der Waals surface area contributed by atoms with Crippen LogP contribution in [0.5, 0.6) is 0 Å². The molecule has 2 N–H and O–H groups in total. The van der Waals surface area contributed by atoms with Crippen LogP contribution >= 0.6 is 0 Å². The van der Waals surface area contributed by atoms with Crippen LogP contribution < -0.4 is 10.6 Å². The lowest BCUT2D eigenvalue weighted by molar-refractivity contribution is -0.126. The number of piperazine rings is 1. The average molecular weight is 224 g/mol. The first kappa shape index (κ1) is 12.9. The summed E-state index contributed by atoms with van der Waals surface area (Å²) in [6, 6.07) is 2.09. The van der Waals surface area contributed by atoms with Crippen LogP contribution in [0.1, 0.15) is 19.3 Å². The normalized spacial score (nSPS) is 21.4. The second kappa shape index (κ2) is 7.20. The minimum absolute atomic E-state index is 0.0548. The minimum Gasteiger partial charge on any atom is -0.358 e. The van der Waals surface area contributed by atoms with E-state index in [9.17, 15) is 4.79 Å². The SMILES string of the molecule is CNC(=O)C1CNCCN1CCCCC#N. The number of hydrogen-bond donors (Lipinski definition) is 2. The summed E-state index contributed by atoms with van der Waals surface area (Å²) in [6.07, 6.45) is 2.51. The summed E-state index contributed by atoms with van der Waals surface area (Å²) < 4.78 is 0. The van der Waals surface area contributed by atoms with Crippen LogP contribution in [-0.4, -0.2) is 50.1 Å². The van der Waals surface area contributed by atoms with E-state index in [4.69, 9.17) is 5.26 Å². The molecule has 1 aliphatic rings. The van der Waals surface area contributed by atoms with Crippen LogP contribution in [-0.2, 0) is 4.79 Å². The maximum Gasteiger partial charge on any atom is 0.238 e. The zero-order valence-electron chi connectivity index (χ0n) is 9.83. The van der Waals surface area contributed by atoms with Gasteiger partial charge in [-0.25, -0.2) is 0 Å². The van der Waals surface area contributed by atoms with Crippen LogP contribution in [0.2, 0.25) is 0 Å². The first-order valence-electron chi connectivity index (χ1n) is 5.83. The van der Waals surface area contributed by atoms with Crippen LogP contribution in [0.15, 0.2) is 0 Å². The number of rotatable bonds is 5. The topological polar surface area (TPSA) is 68.2 Å². The Kier molecular flexibility index (Phi) is 5.83. The van der Waals surface area contributed by atoms with E-state index in [0.717, 1.165) is 39.0 Å². The zero-order valence-corrected chi connectivity index (χ0v) is 9.83. The van der Waals surface area contributed by atoms with Gasteiger partial charge in [-0.1, -0.05) is 0 Å². The number of nitrogens with one attached hydrogen (secondary N) is 2. The lowest BCUT2D eigenvalue weighted by Gasteiger charge is -2.34. The van der Waals surface area contributed by atoms with Crippen molar-refractivity contribution in [2.24, 2.45) is 0 Å². The van der Waals surface area contributed by atoms with Crippen LogP contribution in [0.4, 0.5) is 0 Å². The van der Waals surface area contributed by atoms with Crippen molar-refractivity contribution in [3.8, 4) is 6.07 Å². The summed E-state index contributed by atoms with van der Waals surface area (Å²) >= 11 is 0. The second-order valence-corrected chi connectivity index (χ2v) is 3.99. The van der Waals surface area contributed by atoms with Gasteiger partial charge >= 0.3 is 0 Å². The van der Waals surface area contributed by atoms with Crippen molar-refractivity contribution in [3.63, 3.8) is 0 Å². The van der Waals surface area contributed by atoms with Crippen LogP contribution in [0.25, 0.3) is 0 Å². The third-order valence-electron chi connectivity index (χ3n) is 2.89. The number of amides is 1. The molecule has 0 aromatic heterocycles. The lowest BCUT2D eigenvalue weighted by Crippen LogP contribution is -2.57. The fourth-order valence-corrected chi connectivity index (χ4v) is 1.96. The molecule has 5 nitrogen and oxygen atoms in total. The van der Waals surface area contributed by atoms with Crippen molar-refractivity contribution in [1.82, 2.24) is 15.5 Å². The molecule has 1 amide bonds. The number of carbonyl (C=O) groups excluding carboxylic acids is 1. The molecule has 0 saturated carbocycles. The molecule has 0 bridgehead atoms. The van der Waals surface area contributed by atoms with Crippen molar-refractivity contribution in [3.05, 3.63) is 0 Å². The maximum absolute atomic E-state index is 11.6. The van der Waals surface area contributed by atoms with E-state index >= 15 is 0 Å². The monoisotopic (exact) mass is 224 g/mol. The molecule has 0 aromatic rings. The first-order valence-corrected chi connectivity index (χ1v) is 5.83. The van der Waals surface area contributed by atoms with Gasteiger partial charge in [0.1, 0.15) is 6.04 Å². The van der Waals surface area contributed by atoms with Crippen molar-refractivity contribution in [2.45, 2.75) is 25.3 Å². The molecular formula is C11H20N4O. The summed E-state index contributed by atoms with van der Waals surface area (Å²) in [5.41, 5.74) is 0. The number of nitrogens with zero attached hydrogens (tertiary/aromatic N) is 2. The van der Waals surface area contributed by atoms with Gasteiger partial charge in [0.2, 0.25) is 5.91 Å². The molecule has 1 aliphatic heterocycles. The van der Waals surface area contributed by atoms with E-state index in [-0.39, 0.29) is 11.9 Å². The van der Waals surface area contributed by atoms with Gasteiger partial charge in [-0.2, -0.15) is 5.26 Å². The van der Waals surface area contributed by atoms with Gasteiger partial charge in [0, 0.05) is 33.1 Å². The minimum atomic E-state index is -0.0548. The van der Waals surface area contributed by atoms with Crippen molar-refractivity contribution in [2.75, 3.05) is 33.2 Å². The molecule has 5 heteroatoms. The van der Waals surface area contributed by atoms with E-state index < -0.39 is 0 Å². The van der Waals surface area contributed by atoms with Gasteiger partial charge < -0.3 is 10.6 Å². The van der Waals surface area contributed by atoms with E-state index in [1.165, 1.54) is 0 Å². The fraction of sp³-hybridized carbons (Fsp3) is 0.818. The Balaban J connectivity index is 2.35. The summed E-state index contributed by atoms with van der Waals surface area (Å²) in [6.45, 7) is 3.47. The predicted molar refractivity (Wildman–Crippen MR) is 61.8 cm³/mol. The number of carbonyl (C=O) groups is 1. The summed E-state index contributed by atoms with van der Waals surface area (Å²) in [4.78, 5) is 13.8. The van der Waals surface area contributed by atoms with Gasteiger partial charge in [-0.3, -0.25) is 9.69 Å². The number of unbranched alkanes of at least 4 members (excludes halogenated alkanes) is 2. The Morgan fingerprint density at radius 3 is 3.12 bits per heavy atom. The molecule has 1 heterocycles. The highest BCUT2D eigenvalue weighted by Gasteiger charge is 2.26. The summed E-state index contributed by atoms with van der Waals surface area (Å²) in [5.74, 6) is 0.0764. The largest absolute Gasteiger partial charge is 0.358 e. The van der Waals surface area contributed by atoms with Gasteiger partial charge in [0.25, 0.3) is 0 Å². The van der Waals surface area contributed by atoms with Gasteiger partial charge in [-0.05, 0) is 19.4 Å². The van der Waals surface area contributed by atoms with Crippen molar-refractivity contribution in [1.29, 1.82) is 5.26 Å².